The molecule has 0 bridgehead atoms. The molecule has 35 heavy (non-hydrogen) atoms. The van der Waals surface area contributed by atoms with Crippen LogP contribution in [-0.4, -0.2) is 36.4 Å². The molecule has 3 rings (SSSR count). The van der Waals surface area contributed by atoms with Gasteiger partial charge in [0.1, 0.15) is 0 Å². The van der Waals surface area contributed by atoms with Crippen LogP contribution in [0.4, 0.5) is 17.6 Å². The summed E-state index contributed by atoms with van der Waals surface area (Å²) in [4.78, 5) is 26.1. The number of hydrogen-bond donors (Lipinski definition) is 1. The summed E-state index contributed by atoms with van der Waals surface area (Å²) in [6.07, 6.45) is 2.48. The number of carbonyl (C=O) groups is 2. The molecule has 196 valence electrons. The van der Waals surface area contributed by atoms with Gasteiger partial charge in [-0.1, -0.05) is 13.3 Å². The summed E-state index contributed by atoms with van der Waals surface area (Å²) in [7, 11) is 0. The molecule has 1 aromatic carbocycles. The maximum Gasteiger partial charge on any atom is 0.349 e. The molecule has 1 N–H and O–H groups in total. The fraction of sp³-hybridized carbons (Fsp3) is 0.600. The Labute approximate surface area is 202 Å². The average molecular weight is 504 g/mol. The monoisotopic (exact) mass is 503 g/mol. The first-order valence-corrected chi connectivity index (χ1v) is 11.8. The van der Waals surface area contributed by atoms with Gasteiger partial charge in [0.25, 0.3) is 5.79 Å². The lowest BCUT2D eigenvalue weighted by molar-refractivity contribution is -0.940. The minimum atomic E-state index is -2.04. The smallest absolute Gasteiger partial charge is 0.349 e. The van der Waals surface area contributed by atoms with E-state index < -0.39 is 62.8 Å². The number of ether oxygens (including phenoxy) is 2. The van der Waals surface area contributed by atoms with Crippen molar-refractivity contribution in [3.8, 4) is 0 Å². The first-order valence-electron chi connectivity index (χ1n) is 11.8. The normalized spacial score (nSPS) is 17.5. The highest BCUT2D eigenvalue weighted by molar-refractivity contribution is 6.37. The Morgan fingerprint density at radius 1 is 0.886 bits per heavy atom. The third-order valence-corrected chi connectivity index (χ3v) is 6.34. The Morgan fingerprint density at radius 2 is 1.31 bits per heavy atom. The van der Waals surface area contributed by atoms with Crippen LogP contribution in [0.1, 0.15) is 73.6 Å². The summed E-state index contributed by atoms with van der Waals surface area (Å²) < 4.78 is 66.6. The first-order chi connectivity index (χ1) is 16.3. The van der Waals surface area contributed by atoms with E-state index in [1.165, 1.54) is 6.54 Å². The molecule has 1 aliphatic carbocycles. The Bertz CT molecular complexity index is 1030. The standard InChI is InChI=1S/C17H14F4O5.C8H19N/c1-7(22)8-11(18)13(20)9(14(21)12(8)19)10-15(23)25-17(26-16(10)24)5-3-2-4-6-17;1-6-9(7(2)3)8(4)5/h22H,2-6H2,1H3;7-8H,6H2,1-5H3. The summed E-state index contributed by atoms with van der Waals surface area (Å²) in [6.45, 7) is 13.3. The molecule has 1 aliphatic heterocycles. The molecule has 2 fully saturated rings. The molecule has 1 saturated heterocycles. The number of hydrogen-bond acceptors (Lipinski definition) is 5. The summed E-state index contributed by atoms with van der Waals surface area (Å²) >= 11 is 0. The predicted molar refractivity (Wildman–Crippen MR) is 118 cm³/mol. The van der Waals surface area contributed by atoms with Crippen LogP contribution in [-0.2, 0) is 19.1 Å². The number of benzene rings is 1. The minimum Gasteiger partial charge on any atom is -0.875 e. The third-order valence-electron chi connectivity index (χ3n) is 6.34. The summed E-state index contributed by atoms with van der Waals surface area (Å²) in [6, 6.07) is 1.55. The molecular weight excluding hydrogens is 470 g/mol. The van der Waals surface area contributed by atoms with E-state index in [2.05, 4.69) is 34.6 Å². The second-order valence-electron chi connectivity index (χ2n) is 9.43. The molecular formula is C25H33F4NO5. The van der Waals surface area contributed by atoms with Crippen molar-refractivity contribution in [2.75, 3.05) is 6.54 Å². The second-order valence-corrected chi connectivity index (χ2v) is 9.43. The zero-order valence-corrected chi connectivity index (χ0v) is 21.0. The zero-order chi connectivity index (χ0) is 26.7. The number of esters is 2. The predicted octanol–water partition coefficient (Wildman–Crippen LogP) is 1.35. The van der Waals surface area contributed by atoms with Gasteiger partial charge in [-0.15, -0.1) is 5.76 Å². The van der Waals surface area contributed by atoms with Gasteiger partial charge in [0.2, 0.25) is 0 Å². The van der Waals surface area contributed by atoms with E-state index in [9.17, 15) is 32.3 Å². The topological polar surface area (TPSA) is 80.1 Å². The Hall–Kier alpha value is -2.62. The van der Waals surface area contributed by atoms with Crippen LogP contribution >= 0.6 is 0 Å². The summed E-state index contributed by atoms with van der Waals surface area (Å²) in [5, 5.41) is 8.22. The van der Waals surface area contributed by atoms with E-state index in [1.54, 1.807) is 4.90 Å². The van der Waals surface area contributed by atoms with E-state index in [-0.39, 0.29) is 12.8 Å². The molecule has 0 aromatic heterocycles. The number of quaternary nitrogens is 1. The van der Waals surface area contributed by atoms with E-state index in [1.807, 2.05) is 0 Å². The lowest BCUT2D eigenvalue weighted by Gasteiger charge is -2.38. The third kappa shape index (κ3) is 5.97. The number of carbonyl (C=O) groups excluding carboxylic acids is 2. The van der Waals surface area contributed by atoms with Gasteiger partial charge in [0.05, 0.1) is 23.8 Å². The number of nitrogens with one attached hydrogen (secondary N) is 1. The van der Waals surface area contributed by atoms with Crippen molar-refractivity contribution in [3.05, 3.63) is 33.7 Å². The molecule has 0 amide bonds. The van der Waals surface area contributed by atoms with Crippen molar-refractivity contribution in [1.29, 1.82) is 0 Å². The van der Waals surface area contributed by atoms with Crippen LogP contribution in [0.2, 0.25) is 0 Å². The molecule has 0 radical (unpaired) electrons. The SMILES string of the molecule is CC([O-])=c1c(F)c(F)c(=C2C(=O)OC3(CCCCC3)OC2=O)c(F)c1F.CC[NH+](C(C)C)C(C)C. The Morgan fingerprint density at radius 3 is 1.63 bits per heavy atom. The van der Waals surface area contributed by atoms with Crippen LogP contribution in [0, 0.1) is 23.3 Å². The molecule has 1 aromatic rings. The van der Waals surface area contributed by atoms with Crippen molar-refractivity contribution in [3.63, 3.8) is 0 Å². The average Bonchev–Trinajstić information content (AvgIpc) is 2.75. The quantitative estimate of drug-likeness (QED) is 0.383. The minimum absolute atomic E-state index is 0.217. The maximum absolute atomic E-state index is 14.3. The van der Waals surface area contributed by atoms with Crippen LogP contribution in [0.25, 0.3) is 11.3 Å². The van der Waals surface area contributed by atoms with Gasteiger partial charge >= 0.3 is 11.9 Å². The van der Waals surface area contributed by atoms with Gasteiger partial charge in [-0.05, 0) is 47.5 Å². The van der Waals surface area contributed by atoms with Gasteiger partial charge in [0, 0.05) is 18.1 Å². The van der Waals surface area contributed by atoms with Crippen LogP contribution < -0.4 is 20.4 Å². The van der Waals surface area contributed by atoms with Gasteiger partial charge in [-0.3, -0.25) is 0 Å². The fourth-order valence-electron chi connectivity index (χ4n) is 4.69. The molecule has 0 atom stereocenters. The van der Waals surface area contributed by atoms with Crippen LogP contribution in [0.15, 0.2) is 0 Å². The maximum atomic E-state index is 14.3. The molecule has 0 unspecified atom stereocenters. The van der Waals surface area contributed by atoms with Crippen LogP contribution in [0.5, 0.6) is 0 Å². The molecule has 1 heterocycles. The lowest BCUT2D eigenvalue weighted by Crippen LogP contribution is -3.17. The second kappa shape index (κ2) is 11.4. The zero-order valence-electron chi connectivity index (χ0n) is 21.0. The van der Waals surface area contributed by atoms with E-state index in [0.29, 0.717) is 19.8 Å². The van der Waals surface area contributed by atoms with Gasteiger partial charge in [-0.25, -0.2) is 27.2 Å². The summed E-state index contributed by atoms with van der Waals surface area (Å²) in [5.41, 5.74) is -1.29. The van der Waals surface area contributed by atoms with Gasteiger partial charge in [0.15, 0.2) is 28.8 Å². The highest BCUT2D eigenvalue weighted by Gasteiger charge is 2.47. The van der Waals surface area contributed by atoms with Crippen molar-refractivity contribution >= 4 is 23.3 Å². The molecule has 2 aliphatic rings. The van der Waals surface area contributed by atoms with E-state index in [0.717, 1.165) is 18.5 Å². The van der Waals surface area contributed by atoms with E-state index >= 15 is 0 Å². The lowest BCUT2D eigenvalue weighted by atomic mass is 9.93. The van der Waals surface area contributed by atoms with Gasteiger partial charge < -0.3 is 19.5 Å². The van der Waals surface area contributed by atoms with Crippen molar-refractivity contribution in [2.24, 2.45) is 0 Å². The van der Waals surface area contributed by atoms with Crippen molar-refractivity contribution in [2.45, 2.75) is 91.5 Å². The fourth-order valence-corrected chi connectivity index (χ4v) is 4.69. The molecule has 1 saturated carbocycles. The Kier molecular flexibility index (Phi) is 9.33. The highest BCUT2D eigenvalue weighted by Crippen LogP contribution is 2.37. The largest absolute Gasteiger partial charge is 0.875 e. The molecule has 10 heteroatoms. The van der Waals surface area contributed by atoms with Crippen molar-refractivity contribution in [1.82, 2.24) is 0 Å². The number of rotatable bonds is 3. The number of halogens is 4. The van der Waals surface area contributed by atoms with Crippen LogP contribution in [0.3, 0.4) is 0 Å². The summed E-state index contributed by atoms with van der Waals surface area (Å²) in [5.74, 6) is -13.8. The molecule has 6 nitrogen and oxygen atoms in total. The Balaban J connectivity index is 0.000000410. The molecule has 1 spiro atoms. The first kappa shape index (κ1) is 28.6. The highest BCUT2D eigenvalue weighted by atomic mass is 19.2. The van der Waals surface area contributed by atoms with E-state index in [4.69, 9.17) is 9.47 Å². The van der Waals surface area contributed by atoms with Crippen molar-refractivity contribution < 1.29 is 46.6 Å². The van der Waals surface area contributed by atoms with Gasteiger partial charge in [-0.2, -0.15) is 0 Å².